The molecule has 1 aromatic rings. The summed E-state index contributed by atoms with van der Waals surface area (Å²) in [6.45, 7) is 0. The van der Waals surface area contributed by atoms with Gasteiger partial charge in [-0.3, -0.25) is 0 Å². The first-order valence-electron chi connectivity index (χ1n) is 3.15. The molecule has 1 rings (SSSR count). The van der Waals surface area contributed by atoms with E-state index in [2.05, 4.69) is 29.5 Å². The lowest BCUT2D eigenvalue weighted by molar-refractivity contribution is 0.618. The fourth-order valence-corrected chi connectivity index (χ4v) is 0.887. The number of aromatic nitrogens is 1. The molecular formula is C8H5ClFNS. The summed E-state index contributed by atoms with van der Waals surface area (Å²) >= 11 is 9.29. The minimum Gasteiger partial charge on any atom is -0.241 e. The largest absolute Gasteiger partial charge is 0.241 e. The van der Waals surface area contributed by atoms with Gasteiger partial charge in [-0.2, -0.15) is 12.6 Å². The number of hydrogen-bond acceptors (Lipinski definition) is 2. The van der Waals surface area contributed by atoms with Crippen LogP contribution in [0.5, 0.6) is 0 Å². The molecule has 0 aliphatic carbocycles. The Hall–Kier alpha value is -0.720. The Balaban J connectivity index is 3.08. The second kappa shape index (κ2) is 4.34. The van der Waals surface area contributed by atoms with Gasteiger partial charge in [-0.1, -0.05) is 23.4 Å². The molecule has 0 N–H and O–H groups in total. The highest BCUT2D eigenvalue weighted by Crippen LogP contribution is 2.13. The summed E-state index contributed by atoms with van der Waals surface area (Å²) in [5.74, 6) is 5.01. The molecule has 0 bridgehead atoms. The average Bonchev–Trinajstić information content (AvgIpc) is 2.08. The van der Waals surface area contributed by atoms with Gasteiger partial charge in [0, 0.05) is 6.20 Å². The third kappa shape index (κ3) is 2.13. The van der Waals surface area contributed by atoms with Gasteiger partial charge in [0.1, 0.15) is 0 Å². The normalized spacial score (nSPS) is 8.92. The van der Waals surface area contributed by atoms with Crippen LogP contribution in [-0.4, -0.2) is 10.7 Å². The Kier molecular flexibility index (Phi) is 3.39. The zero-order chi connectivity index (χ0) is 8.97. The highest BCUT2D eigenvalue weighted by atomic mass is 35.5. The Morgan fingerprint density at radius 2 is 2.42 bits per heavy atom. The van der Waals surface area contributed by atoms with Crippen LogP contribution in [0.3, 0.4) is 0 Å². The van der Waals surface area contributed by atoms with E-state index in [1.165, 1.54) is 12.3 Å². The molecule has 62 valence electrons. The molecule has 0 unspecified atom stereocenters. The monoisotopic (exact) mass is 201 g/mol. The van der Waals surface area contributed by atoms with Crippen molar-refractivity contribution in [1.29, 1.82) is 0 Å². The van der Waals surface area contributed by atoms with E-state index < -0.39 is 5.82 Å². The predicted octanol–water partition coefficient (Wildman–Crippen LogP) is 2.16. The van der Waals surface area contributed by atoms with Crippen LogP contribution in [0.15, 0.2) is 12.3 Å². The van der Waals surface area contributed by atoms with Gasteiger partial charge in [0.15, 0.2) is 11.0 Å². The number of rotatable bonds is 0. The van der Waals surface area contributed by atoms with Gasteiger partial charge in [-0.05, 0) is 6.07 Å². The number of thiol groups is 1. The van der Waals surface area contributed by atoms with Crippen molar-refractivity contribution in [2.75, 3.05) is 5.75 Å². The second-order valence-electron chi connectivity index (χ2n) is 1.92. The predicted molar refractivity (Wildman–Crippen MR) is 49.9 cm³/mol. The molecule has 0 fully saturated rings. The Labute approximate surface area is 80.4 Å². The molecule has 1 aromatic heterocycles. The van der Waals surface area contributed by atoms with Crippen molar-refractivity contribution >= 4 is 24.2 Å². The SMILES string of the molecule is Fc1c(C#CCS)ccnc1Cl. The van der Waals surface area contributed by atoms with Crippen LogP contribution < -0.4 is 0 Å². The van der Waals surface area contributed by atoms with E-state index in [0.29, 0.717) is 5.75 Å². The lowest BCUT2D eigenvalue weighted by atomic mass is 10.2. The van der Waals surface area contributed by atoms with Crippen LogP contribution in [-0.2, 0) is 0 Å². The van der Waals surface area contributed by atoms with E-state index in [4.69, 9.17) is 11.6 Å². The smallest absolute Gasteiger partial charge is 0.176 e. The highest BCUT2D eigenvalue weighted by molar-refractivity contribution is 7.80. The average molecular weight is 202 g/mol. The number of nitrogens with zero attached hydrogens (tertiary/aromatic N) is 1. The van der Waals surface area contributed by atoms with Gasteiger partial charge in [0.25, 0.3) is 0 Å². The molecular weight excluding hydrogens is 197 g/mol. The first-order chi connectivity index (χ1) is 5.75. The summed E-state index contributed by atoms with van der Waals surface area (Å²) in [7, 11) is 0. The maximum Gasteiger partial charge on any atom is 0.176 e. The molecule has 1 nitrogen and oxygen atoms in total. The molecule has 0 atom stereocenters. The van der Waals surface area contributed by atoms with Crippen LogP contribution in [0.1, 0.15) is 5.56 Å². The molecule has 4 heteroatoms. The van der Waals surface area contributed by atoms with Crippen molar-refractivity contribution < 1.29 is 4.39 Å². The van der Waals surface area contributed by atoms with Crippen LogP contribution in [0, 0.1) is 17.7 Å². The zero-order valence-electron chi connectivity index (χ0n) is 6.01. The summed E-state index contributed by atoms with van der Waals surface area (Å²) in [4.78, 5) is 3.55. The number of hydrogen-bond donors (Lipinski definition) is 1. The lowest BCUT2D eigenvalue weighted by Crippen LogP contribution is -1.87. The third-order valence-corrected chi connectivity index (χ3v) is 1.57. The van der Waals surface area contributed by atoms with Gasteiger partial charge in [0.2, 0.25) is 0 Å². The molecule has 1 heterocycles. The summed E-state index contributed by atoms with van der Waals surface area (Å²) in [5.41, 5.74) is 0.254. The van der Waals surface area contributed by atoms with E-state index in [9.17, 15) is 4.39 Å². The topological polar surface area (TPSA) is 12.9 Å². The summed E-state index contributed by atoms with van der Waals surface area (Å²) in [6.07, 6.45) is 1.41. The van der Waals surface area contributed by atoms with Crippen molar-refractivity contribution in [3.63, 3.8) is 0 Å². The molecule has 0 amide bonds. The Morgan fingerprint density at radius 1 is 1.67 bits per heavy atom. The summed E-state index contributed by atoms with van der Waals surface area (Å²) in [5, 5.41) is -0.152. The van der Waals surface area contributed by atoms with Crippen LogP contribution in [0.2, 0.25) is 5.15 Å². The van der Waals surface area contributed by atoms with E-state index in [0.717, 1.165) is 0 Å². The van der Waals surface area contributed by atoms with Gasteiger partial charge in [-0.25, -0.2) is 9.37 Å². The third-order valence-electron chi connectivity index (χ3n) is 1.15. The molecule has 0 radical (unpaired) electrons. The molecule has 0 saturated carbocycles. The van der Waals surface area contributed by atoms with E-state index in [1.807, 2.05) is 0 Å². The quantitative estimate of drug-likeness (QED) is 0.386. The van der Waals surface area contributed by atoms with Gasteiger partial charge < -0.3 is 0 Å². The molecule has 0 saturated heterocycles. The summed E-state index contributed by atoms with van der Waals surface area (Å²) < 4.78 is 13.0. The van der Waals surface area contributed by atoms with Crippen molar-refractivity contribution in [3.05, 3.63) is 28.8 Å². The van der Waals surface area contributed by atoms with Crippen LogP contribution >= 0.6 is 24.2 Å². The van der Waals surface area contributed by atoms with Crippen molar-refractivity contribution in [3.8, 4) is 11.8 Å². The van der Waals surface area contributed by atoms with E-state index in [-0.39, 0.29) is 10.7 Å². The van der Waals surface area contributed by atoms with Gasteiger partial charge >= 0.3 is 0 Å². The van der Waals surface area contributed by atoms with E-state index in [1.54, 1.807) is 0 Å². The van der Waals surface area contributed by atoms with Gasteiger partial charge in [-0.15, -0.1) is 0 Å². The fraction of sp³-hybridized carbons (Fsp3) is 0.125. The summed E-state index contributed by atoms with van der Waals surface area (Å²) in [6, 6.07) is 1.47. The van der Waals surface area contributed by atoms with Crippen LogP contribution in [0.4, 0.5) is 4.39 Å². The lowest BCUT2D eigenvalue weighted by Gasteiger charge is -1.93. The zero-order valence-corrected chi connectivity index (χ0v) is 7.66. The highest BCUT2D eigenvalue weighted by Gasteiger charge is 2.03. The first kappa shape index (κ1) is 9.37. The number of pyridine rings is 1. The standard InChI is InChI=1S/C8H5ClFNS/c9-8-7(10)6(2-1-5-12)3-4-11-8/h3-4,12H,5H2. The van der Waals surface area contributed by atoms with E-state index >= 15 is 0 Å². The fourth-order valence-electron chi connectivity index (χ4n) is 0.649. The van der Waals surface area contributed by atoms with Crippen molar-refractivity contribution in [2.24, 2.45) is 0 Å². The van der Waals surface area contributed by atoms with Gasteiger partial charge in [0.05, 0.1) is 11.3 Å². The molecule has 0 aliphatic rings. The minimum atomic E-state index is -0.576. The Bertz CT molecular complexity index is 343. The van der Waals surface area contributed by atoms with Crippen LogP contribution in [0.25, 0.3) is 0 Å². The molecule has 12 heavy (non-hydrogen) atoms. The maximum absolute atomic E-state index is 13.0. The molecule has 0 aromatic carbocycles. The van der Waals surface area contributed by atoms with Crippen molar-refractivity contribution in [1.82, 2.24) is 4.98 Å². The Morgan fingerprint density at radius 3 is 3.08 bits per heavy atom. The minimum absolute atomic E-state index is 0.152. The molecule has 0 spiro atoms. The number of halogens is 2. The first-order valence-corrected chi connectivity index (χ1v) is 4.16. The second-order valence-corrected chi connectivity index (χ2v) is 2.60. The maximum atomic E-state index is 13.0. The molecule has 0 aliphatic heterocycles. The van der Waals surface area contributed by atoms with Crippen molar-refractivity contribution in [2.45, 2.75) is 0 Å².